The molecule has 2 aliphatic rings. The number of rotatable bonds is 8. The molecule has 2 N–H and O–H groups in total. The summed E-state index contributed by atoms with van der Waals surface area (Å²) in [5.41, 5.74) is 8.47. The highest BCUT2D eigenvalue weighted by atomic mass is 16.6. The highest BCUT2D eigenvalue weighted by molar-refractivity contribution is 6.10. The van der Waals surface area contributed by atoms with Gasteiger partial charge in [0, 0.05) is 18.3 Å². The maximum Gasteiger partial charge on any atom is 0.410 e. The summed E-state index contributed by atoms with van der Waals surface area (Å²) < 4.78 is 17.0. The van der Waals surface area contributed by atoms with Crippen LogP contribution in [0.3, 0.4) is 0 Å². The zero-order chi connectivity index (χ0) is 26.1. The van der Waals surface area contributed by atoms with Crippen LogP contribution in [0.4, 0.5) is 16.2 Å². The van der Waals surface area contributed by atoms with Crippen molar-refractivity contribution < 1.29 is 23.8 Å². The number of anilines is 2. The number of hydrogen-bond donors (Lipinski definition) is 1. The third-order valence-corrected chi connectivity index (χ3v) is 6.90. The molecule has 0 unspecified atom stereocenters. The van der Waals surface area contributed by atoms with E-state index in [4.69, 9.17) is 19.9 Å². The van der Waals surface area contributed by atoms with Crippen LogP contribution in [-0.2, 0) is 21.5 Å². The molecule has 1 fully saturated rings. The summed E-state index contributed by atoms with van der Waals surface area (Å²) in [7, 11) is 1.63. The van der Waals surface area contributed by atoms with E-state index in [1.54, 1.807) is 18.1 Å². The van der Waals surface area contributed by atoms with Gasteiger partial charge in [0.05, 0.1) is 31.3 Å². The van der Waals surface area contributed by atoms with Gasteiger partial charge in [0.2, 0.25) is 5.91 Å². The van der Waals surface area contributed by atoms with Crippen molar-refractivity contribution in [1.29, 1.82) is 0 Å². The number of methoxy groups -OCH3 is 1. The van der Waals surface area contributed by atoms with E-state index in [9.17, 15) is 9.59 Å². The molecular weight excluding hydrogens is 458 g/mol. The summed E-state index contributed by atoms with van der Waals surface area (Å²) >= 11 is 0. The number of ether oxygens (including phenoxy) is 3. The number of amides is 2. The summed E-state index contributed by atoms with van der Waals surface area (Å²) in [5, 5.41) is 0. The Bertz CT molecular complexity index is 1120. The van der Waals surface area contributed by atoms with Crippen molar-refractivity contribution in [2.24, 2.45) is 0 Å². The third-order valence-electron chi connectivity index (χ3n) is 6.90. The lowest BCUT2D eigenvalue weighted by Crippen LogP contribution is -2.44. The summed E-state index contributed by atoms with van der Waals surface area (Å²) in [5.74, 6) is 1.43. The van der Waals surface area contributed by atoms with E-state index in [0.29, 0.717) is 31.1 Å². The molecule has 1 saturated carbocycles. The highest BCUT2D eigenvalue weighted by Gasteiger charge is 2.55. The van der Waals surface area contributed by atoms with Gasteiger partial charge < -0.3 is 29.7 Å². The smallest absolute Gasteiger partial charge is 0.410 e. The molecule has 1 aliphatic heterocycles. The second-order valence-electron chi connectivity index (χ2n) is 10.5. The maximum atomic E-state index is 13.7. The molecule has 36 heavy (non-hydrogen) atoms. The Hall–Kier alpha value is -3.42. The van der Waals surface area contributed by atoms with Crippen LogP contribution < -0.4 is 20.1 Å². The van der Waals surface area contributed by atoms with Crippen LogP contribution in [0.5, 0.6) is 11.5 Å². The average molecular weight is 496 g/mol. The summed E-state index contributed by atoms with van der Waals surface area (Å²) in [6.07, 6.45) is 2.25. The monoisotopic (exact) mass is 495 g/mol. The van der Waals surface area contributed by atoms with Gasteiger partial charge >= 0.3 is 6.09 Å². The van der Waals surface area contributed by atoms with E-state index in [-0.39, 0.29) is 18.6 Å². The largest absolute Gasteiger partial charge is 0.497 e. The Balaban J connectivity index is 1.58. The van der Waals surface area contributed by atoms with Crippen LogP contribution in [0.2, 0.25) is 0 Å². The van der Waals surface area contributed by atoms with Crippen LogP contribution in [0.1, 0.15) is 58.1 Å². The Morgan fingerprint density at radius 1 is 1.17 bits per heavy atom. The van der Waals surface area contributed by atoms with Crippen molar-refractivity contribution in [2.75, 3.05) is 37.4 Å². The predicted molar refractivity (Wildman–Crippen MR) is 140 cm³/mol. The quantitative estimate of drug-likeness (QED) is 0.525. The lowest BCUT2D eigenvalue weighted by molar-refractivity contribution is -0.126. The van der Waals surface area contributed by atoms with Gasteiger partial charge in [0.15, 0.2) is 0 Å². The topological polar surface area (TPSA) is 94.3 Å². The molecule has 0 atom stereocenters. The number of benzene rings is 2. The second-order valence-corrected chi connectivity index (χ2v) is 10.5. The van der Waals surface area contributed by atoms with E-state index < -0.39 is 11.0 Å². The molecule has 194 valence electrons. The number of nitrogens with zero attached hydrogens (tertiary/aromatic N) is 2. The van der Waals surface area contributed by atoms with Crippen molar-refractivity contribution >= 4 is 23.4 Å². The van der Waals surface area contributed by atoms with Crippen molar-refractivity contribution in [3.63, 3.8) is 0 Å². The SMILES string of the molecule is CCN(CCOc1cc(N)cc2c1N(Cc1ccc(OC)cc1)C(=O)C21CCC1)C(=O)OC(C)(C)C. The first-order valence-corrected chi connectivity index (χ1v) is 12.6. The fourth-order valence-corrected chi connectivity index (χ4v) is 4.91. The number of carbonyl (C=O) groups is 2. The number of fused-ring (bicyclic) bond motifs is 2. The van der Waals surface area contributed by atoms with E-state index in [1.807, 2.05) is 62.9 Å². The molecule has 1 spiro atoms. The lowest BCUT2D eigenvalue weighted by atomic mass is 9.65. The first-order valence-electron chi connectivity index (χ1n) is 12.6. The first kappa shape index (κ1) is 25.7. The molecule has 0 radical (unpaired) electrons. The highest BCUT2D eigenvalue weighted by Crippen LogP contribution is 2.57. The zero-order valence-electron chi connectivity index (χ0n) is 21.9. The van der Waals surface area contributed by atoms with E-state index in [1.165, 1.54) is 0 Å². The van der Waals surface area contributed by atoms with Gasteiger partial charge in [-0.2, -0.15) is 0 Å². The van der Waals surface area contributed by atoms with Crippen molar-refractivity contribution in [2.45, 2.75) is 64.5 Å². The van der Waals surface area contributed by atoms with Crippen molar-refractivity contribution in [3.05, 3.63) is 47.5 Å². The molecule has 2 amide bonds. The molecule has 0 saturated heterocycles. The van der Waals surface area contributed by atoms with Gasteiger partial charge in [-0.05, 0) is 69.9 Å². The number of carbonyl (C=O) groups excluding carboxylic acids is 2. The van der Waals surface area contributed by atoms with Gasteiger partial charge in [-0.3, -0.25) is 4.79 Å². The normalized spacial score (nSPS) is 15.9. The van der Waals surface area contributed by atoms with Gasteiger partial charge in [0.1, 0.15) is 23.7 Å². The minimum absolute atomic E-state index is 0.0963. The third kappa shape index (κ3) is 4.94. The molecular formula is C28H37N3O5. The minimum atomic E-state index is -0.570. The Morgan fingerprint density at radius 2 is 1.86 bits per heavy atom. The second kappa shape index (κ2) is 9.91. The van der Waals surface area contributed by atoms with Gasteiger partial charge in [0.25, 0.3) is 0 Å². The summed E-state index contributed by atoms with van der Waals surface area (Å²) in [6.45, 7) is 8.96. The molecule has 1 heterocycles. The Labute approximate surface area is 213 Å². The predicted octanol–water partition coefficient (Wildman–Crippen LogP) is 4.88. The zero-order valence-corrected chi connectivity index (χ0v) is 21.9. The molecule has 8 heteroatoms. The molecule has 2 aromatic carbocycles. The summed E-state index contributed by atoms with van der Waals surface area (Å²) in [6, 6.07) is 11.4. The van der Waals surface area contributed by atoms with Gasteiger partial charge in [-0.1, -0.05) is 18.6 Å². The standard InChI is InChI=1S/C28H37N3O5/c1-6-30(26(33)36-27(2,3)4)14-15-35-23-17-20(29)16-22-24(23)31(25(32)28(22)12-7-13-28)18-19-8-10-21(34-5)11-9-19/h8-11,16-17H,6-7,12-15,18,29H2,1-5H3. The van der Waals surface area contributed by atoms with Crippen LogP contribution in [0.25, 0.3) is 0 Å². The van der Waals surface area contributed by atoms with Crippen LogP contribution in [-0.4, -0.2) is 49.3 Å². The van der Waals surface area contributed by atoms with Gasteiger partial charge in [-0.25, -0.2) is 4.79 Å². The fourth-order valence-electron chi connectivity index (χ4n) is 4.91. The first-order chi connectivity index (χ1) is 17.1. The molecule has 2 aromatic rings. The van der Waals surface area contributed by atoms with Crippen LogP contribution in [0, 0.1) is 0 Å². The number of likely N-dealkylation sites (N-methyl/N-ethyl adjacent to an activating group) is 1. The summed E-state index contributed by atoms with van der Waals surface area (Å²) in [4.78, 5) is 29.7. The number of nitrogens with two attached hydrogens (primary N) is 1. The number of nitrogen functional groups attached to an aromatic ring is 1. The Kier molecular flexibility index (Phi) is 7.07. The van der Waals surface area contributed by atoms with Gasteiger partial charge in [-0.15, -0.1) is 0 Å². The minimum Gasteiger partial charge on any atom is -0.497 e. The maximum absolute atomic E-state index is 13.7. The van der Waals surface area contributed by atoms with Crippen molar-refractivity contribution in [1.82, 2.24) is 4.90 Å². The Morgan fingerprint density at radius 3 is 2.42 bits per heavy atom. The molecule has 8 nitrogen and oxygen atoms in total. The molecule has 0 bridgehead atoms. The van der Waals surface area contributed by atoms with Crippen LogP contribution in [0.15, 0.2) is 36.4 Å². The molecule has 4 rings (SSSR count). The van der Waals surface area contributed by atoms with E-state index in [0.717, 1.165) is 41.8 Å². The fraction of sp³-hybridized carbons (Fsp3) is 0.500. The van der Waals surface area contributed by atoms with Crippen LogP contribution >= 0.6 is 0 Å². The average Bonchev–Trinajstić information content (AvgIpc) is 3.03. The van der Waals surface area contributed by atoms with E-state index >= 15 is 0 Å². The van der Waals surface area contributed by atoms with Crippen molar-refractivity contribution in [3.8, 4) is 11.5 Å². The van der Waals surface area contributed by atoms with E-state index in [2.05, 4.69) is 0 Å². The molecule has 1 aliphatic carbocycles. The lowest BCUT2D eigenvalue weighted by Gasteiger charge is -2.37. The molecule has 0 aromatic heterocycles. The number of hydrogen-bond acceptors (Lipinski definition) is 6.